The van der Waals surface area contributed by atoms with Crippen molar-refractivity contribution in [2.24, 2.45) is 5.92 Å². The minimum atomic E-state index is -1.22. The van der Waals surface area contributed by atoms with Gasteiger partial charge in [-0.05, 0) is 39.0 Å². The molecule has 0 aliphatic heterocycles. The molecule has 0 aromatic heterocycles. The number of carbonyl (C=O) groups is 1. The Morgan fingerprint density at radius 3 is 2.15 bits per heavy atom. The van der Waals surface area contributed by atoms with E-state index in [1.54, 1.807) is 0 Å². The summed E-state index contributed by atoms with van der Waals surface area (Å²) in [5.74, 6) is -0.630. The number of rotatable bonds is 11. The molecule has 0 aliphatic rings. The summed E-state index contributed by atoms with van der Waals surface area (Å²) in [6.07, 6.45) is 4.73. The molecular weight excluding hydrogens is 256 g/mol. The Balaban J connectivity index is 4.78. The molecular formula is C16H32O4. The van der Waals surface area contributed by atoms with Crippen molar-refractivity contribution in [3.63, 3.8) is 0 Å². The first-order valence-corrected chi connectivity index (χ1v) is 7.86. The summed E-state index contributed by atoms with van der Waals surface area (Å²) in [5.41, 5.74) is -1.71. The van der Waals surface area contributed by atoms with E-state index in [0.29, 0.717) is 18.8 Å². The Hall–Kier alpha value is -0.610. The highest BCUT2D eigenvalue weighted by Crippen LogP contribution is 2.31. The zero-order valence-electron chi connectivity index (χ0n) is 14.0. The maximum atomic E-state index is 11.6. The van der Waals surface area contributed by atoms with Crippen LogP contribution in [0.1, 0.15) is 80.1 Å². The zero-order chi connectivity index (χ0) is 15.8. The van der Waals surface area contributed by atoms with E-state index in [1.165, 1.54) is 0 Å². The van der Waals surface area contributed by atoms with Crippen LogP contribution in [0.15, 0.2) is 0 Å². The summed E-state index contributed by atoms with van der Waals surface area (Å²) < 4.78 is 0. The normalized spacial score (nSPS) is 16.7. The molecule has 0 aromatic rings. The van der Waals surface area contributed by atoms with Crippen molar-refractivity contribution in [1.82, 2.24) is 0 Å². The van der Waals surface area contributed by atoms with E-state index < -0.39 is 17.2 Å². The van der Waals surface area contributed by atoms with Crippen molar-refractivity contribution < 1.29 is 19.7 Å². The Bertz CT molecular complexity index is 288. The standard InChI is InChI=1S/C16H32O4/c1-7-10-12-16(9-3,14(17)18)20-19-15(5,6)13(4)11-8-2/h13H,7-12H2,1-6H3,(H,17,18). The Labute approximate surface area is 123 Å². The summed E-state index contributed by atoms with van der Waals surface area (Å²) in [5, 5.41) is 9.48. The van der Waals surface area contributed by atoms with Crippen LogP contribution in [0, 0.1) is 5.92 Å². The number of unbranched alkanes of at least 4 members (excludes halogenated alkanes) is 1. The van der Waals surface area contributed by atoms with Gasteiger partial charge in [-0.2, -0.15) is 0 Å². The molecule has 0 amide bonds. The summed E-state index contributed by atoms with van der Waals surface area (Å²) in [6, 6.07) is 0. The molecule has 120 valence electrons. The molecule has 2 atom stereocenters. The molecule has 0 rings (SSSR count). The van der Waals surface area contributed by atoms with Gasteiger partial charge in [0.2, 0.25) is 0 Å². The highest BCUT2D eigenvalue weighted by Gasteiger charge is 2.41. The highest BCUT2D eigenvalue weighted by atomic mass is 17.2. The van der Waals surface area contributed by atoms with Gasteiger partial charge in [-0.1, -0.05) is 47.0 Å². The molecule has 0 aromatic carbocycles. The van der Waals surface area contributed by atoms with Crippen LogP contribution in [0.4, 0.5) is 0 Å². The number of carboxylic acids is 1. The average Bonchev–Trinajstić information content (AvgIpc) is 2.39. The van der Waals surface area contributed by atoms with E-state index in [0.717, 1.165) is 25.7 Å². The Morgan fingerprint density at radius 1 is 1.15 bits per heavy atom. The molecule has 20 heavy (non-hydrogen) atoms. The van der Waals surface area contributed by atoms with E-state index in [4.69, 9.17) is 9.78 Å². The van der Waals surface area contributed by atoms with E-state index in [1.807, 2.05) is 27.7 Å². The molecule has 0 saturated heterocycles. The molecule has 0 aliphatic carbocycles. The van der Waals surface area contributed by atoms with Gasteiger partial charge in [-0.25, -0.2) is 14.6 Å². The Morgan fingerprint density at radius 2 is 1.75 bits per heavy atom. The monoisotopic (exact) mass is 288 g/mol. The number of hydrogen-bond donors (Lipinski definition) is 1. The summed E-state index contributed by atoms with van der Waals surface area (Å²) in [7, 11) is 0. The van der Waals surface area contributed by atoms with E-state index in [2.05, 4.69) is 13.8 Å². The van der Waals surface area contributed by atoms with Crippen molar-refractivity contribution in [2.75, 3.05) is 0 Å². The van der Waals surface area contributed by atoms with Crippen LogP contribution in [0.3, 0.4) is 0 Å². The molecule has 4 heteroatoms. The molecule has 0 saturated carbocycles. The van der Waals surface area contributed by atoms with Gasteiger partial charge in [0.05, 0.1) is 0 Å². The largest absolute Gasteiger partial charge is 0.479 e. The second-order valence-electron chi connectivity index (χ2n) is 6.22. The van der Waals surface area contributed by atoms with Gasteiger partial charge >= 0.3 is 5.97 Å². The van der Waals surface area contributed by atoms with Crippen molar-refractivity contribution in [1.29, 1.82) is 0 Å². The Kier molecular flexibility index (Phi) is 8.36. The van der Waals surface area contributed by atoms with Crippen LogP contribution in [-0.2, 0) is 14.6 Å². The van der Waals surface area contributed by atoms with Crippen LogP contribution in [-0.4, -0.2) is 22.3 Å². The molecule has 1 N–H and O–H groups in total. The van der Waals surface area contributed by atoms with Crippen molar-refractivity contribution in [3.8, 4) is 0 Å². The van der Waals surface area contributed by atoms with Gasteiger partial charge in [-0.3, -0.25) is 0 Å². The van der Waals surface area contributed by atoms with Crippen LogP contribution >= 0.6 is 0 Å². The van der Waals surface area contributed by atoms with Crippen molar-refractivity contribution >= 4 is 5.97 Å². The summed E-state index contributed by atoms with van der Waals surface area (Å²) in [6.45, 7) is 12.0. The smallest absolute Gasteiger partial charge is 0.339 e. The average molecular weight is 288 g/mol. The van der Waals surface area contributed by atoms with Crippen LogP contribution in [0.25, 0.3) is 0 Å². The third kappa shape index (κ3) is 5.41. The highest BCUT2D eigenvalue weighted by molar-refractivity contribution is 5.77. The van der Waals surface area contributed by atoms with Gasteiger partial charge in [0.15, 0.2) is 5.60 Å². The quantitative estimate of drug-likeness (QED) is 0.447. The van der Waals surface area contributed by atoms with Crippen LogP contribution in [0.5, 0.6) is 0 Å². The predicted octanol–water partition coefficient (Wildman–Crippen LogP) is 4.57. The minimum Gasteiger partial charge on any atom is -0.479 e. The number of aliphatic carboxylic acids is 1. The second kappa shape index (κ2) is 8.63. The minimum absolute atomic E-state index is 0.307. The first-order chi connectivity index (χ1) is 9.25. The zero-order valence-corrected chi connectivity index (χ0v) is 14.0. The molecule has 0 fully saturated rings. The maximum Gasteiger partial charge on any atom is 0.339 e. The maximum absolute atomic E-state index is 11.6. The van der Waals surface area contributed by atoms with Gasteiger partial charge in [-0.15, -0.1) is 0 Å². The first kappa shape index (κ1) is 19.4. The topological polar surface area (TPSA) is 55.8 Å². The van der Waals surface area contributed by atoms with Gasteiger partial charge in [0.1, 0.15) is 5.60 Å². The van der Waals surface area contributed by atoms with Crippen molar-refractivity contribution in [2.45, 2.75) is 91.3 Å². The fraction of sp³-hybridized carbons (Fsp3) is 0.938. The molecule has 0 bridgehead atoms. The first-order valence-electron chi connectivity index (χ1n) is 7.86. The molecule has 0 radical (unpaired) electrons. The van der Waals surface area contributed by atoms with Crippen LogP contribution in [0.2, 0.25) is 0 Å². The SMILES string of the molecule is CCCCC(CC)(OOC(C)(C)C(C)CCC)C(=O)O. The second-order valence-corrected chi connectivity index (χ2v) is 6.22. The predicted molar refractivity (Wildman–Crippen MR) is 80.5 cm³/mol. The third-order valence-electron chi connectivity index (χ3n) is 4.22. The summed E-state index contributed by atoms with van der Waals surface area (Å²) >= 11 is 0. The van der Waals surface area contributed by atoms with Gasteiger partial charge < -0.3 is 5.11 Å². The number of hydrogen-bond acceptors (Lipinski definition) is 3. The molecule has 2 unspecified atom stereocenters. The van der Waals surface area contributed by atoms with Gasteiger partial charge in [0, 0.05) is 0 Å². The number of carboxylic acid groups (broad SMARTS) is 1. The van der Waals surface area contributed by atoms with Gasteiger partial charge in [0.25, 0.3) is 0 Å². The van der Waals surface area contributed by atoms with E-state index >= 15 is 0 Å². The van der Waals surface area contributed by atoms with Crippen LogP contribution < -0.4 is 0 Å². The third-order valence-corrected chi connectivity index (χ3v) is 4.22. The lowest BCUT2D eigenvalue weighted by Crippen LogP contribution is -2.45. The van der Waals surface area contributed by atoms with E-state index in [-0.39, 0.29) is 0 Å². The fourth-order valence-corrected chi connectivity index (χ4v) is 2.08. The molecule has 0 heterocycles. The summed E-state index contributed by atoms with van der Waals surface area (Å²) in [4.78, 5) is 22.6. The van der Waals surface area contributed by atoms with Crippen molar-refractivity contribution in [3.05, 3.63) is 0 Å². The van der Waals surface area contributed by atoms with E-state index in [9.17, 15) is 9.90 Å². The molecule has 4 nitrogen and oxygen atoms in total. The lowest BCUT2D eigenvalue weighted by atomic mass is 9.89. The molecule has 0 spiro atoms. The lowest BCUT2D eigenvalue weighted by molar-refractivity contribution is -0.409. The fourth-order valence-electron chi connectivity index (χ4n) is 2.08. The lowest BCUT2D eigenvalue weighted by Gasteiger charge is -2.35.